The Labute approximate surface area is 121 Å². The van der Waals surface area contributed by atoms with Crippen molar-refractivity contribution >= 4 is 21.4 Å². The van der Waals surface area contributed by atoms with Crippen LogP contribution in [0.15, 0.2) is 28.6 Å². The minimum Gasteiger partial charge on any atom is -0.247 e. The lowest BCUT2D eigenvalue weighted by Crippen LogP contribution is -2.26. The molecule has 0 saturated carbocycles. The molecule has 0 radical (unpaired) electrons. The van der Waals surface area contributed by atoms with Crippen LogP contribution in [0.25, 0.3) is 0 Å². The van der Waals surface area contributed by atoms with Crippen LogP contribution >= 0.6 is 11.3 Å². The Kier molecular flexibility index (Phi) is 4.44. The Bertz CT molecular complexity index is 730. The van der Waals surface area contributed by atoms with Gasteiger partial charge in [-0.1, -0.05) is 0 Å². The summed E-state index contributed by atoms with van der Waals surface area (Å²) in [5.74, 6) is 0. The van der Waals surface area contributed by atoms with Crippen LogP contribution in [0.2, 0.25) is 0 Å². The fourth-order valence-corrected chi connectivity index (χ4v) is 3.25. The first-order valence-electron chi connectivity index (χ1n) is 5.78. The highest BCUT2D eigenvalue weighted by molar-refractivity contribution is 7.89. The lowest BCUT2D eigenvalue weighted by molar-refractivity contribution is 0.581. The van der Waals surface area contributed by atoms with Gasteiger partial charge in [0.25, 0.3) is 0 Å². The van der Waals surface area contributed by atoms with Crippen molar-refractivity contribution < 1.29 is 8.42 Å². The molecule has 0 aliphatic heterocycles. The van der Waals surface area contributed by atoms with E-state index in [1.54, 1.807) is 0 Å². The second kappa shape index (κ2) is 6.09. The second-order valence-corrected chi connectivity index (χ2v) is 6.73. The molecule has 1 N–H and O–H groups in total. The maximum Gasteiger partial charge on any atom is 0.242 e. The molecule has 6 nitrogen and oxygen atoms in total. The van der Waals surface area contributed by atoms with Crippen LogP contribution < -0.4 is 4.72 Å². The minimum absolute atomic E-state index is 0.0480. The van der Waals surface area contributed by atoms with Gasteiger partial charge >= 0.3 is 0 Å². The summed E-state index contributed by atoms with van der Waals surface area (Å²) in [5, 5.41) is 11.4. The molecule has 104 valence electrons. The Balaban J connectivity index is 1.98. The fourth-order valence-electron chi connectivity index (χ4n) is 1.50. The smallest absolute Gasteiger partial charge is 0.242 e. The number of nitriles is 1. The molecule has 0 bridgehead atoms. The molecule has 0 aliphatic carbocycles. The van der Waals surface area contributed by atoms with Gasteiger partial charge in [0.05, 0.1) is 5.01 Å². The molecule has 0 aliphatic rings. The first kappa shape index (κ1) is 14.6. The molecule has 0 atom stereocenters. The molecule has 2 aromatic heterocycles. The van der Waals surface area contributed by atoms with Gasteiger partial charge in [-0.3, -0.25) is 0 Å². The first-order chi connectivity index (χ1) is 9.51. The molecular formula is C12H12N4O2S2. The Morgan fingerprint density at radius 3 is 2.80 bits per heavy atom. The van der Waals surface area contributed by atoms with Crippen molar-refractivity contribution in [3.05, 3.63) is 40.1 Å². The maximum absolute atomic E-state index is 12.0. The minimum atomic E-state index is -3.59. The number of nitrogens with zero attached hydrogens (tertiary/aromatic N) is 3. The highest BCUT2D eigenvalue weighted by Gasteiger charge is 2.14. The van der Waals surface area contributed by atoms with Crippen LogP contribution in [-0.4, -0.2) is 24.9 Å². The molecule has 0 unspecified atom stereocenters. The van der Waals surface area contributed by atoms with E-state index in [2.05, 4.69) is 14.7 Å². The average Bonchev–Trinajstić information content (AvgIpc) is 2.84. The third kappa shape index (κ3) is 3.60. The van der Waals surface area contributed by atoms with Crippen molar-refractivity contribution in [1.29, 1.82) is 5.26 Å². The molecule has 0 spiro atoms. The largest absolute Gasteiger partial charge is 0.247 e. The zero-order valence-electron chi connectivity index (χ0n) is 10.7. The zero-order valence-corrected chi connectivity index (χ0v) is 12.3. The van der Waals surface area contributed by atoms with Crippen LogP contribution in [-0.2, 0) is 16.4 Å². The molecule has 20 heavy (non-hydrogen) atoms. The SMILES string of the molecule is Cc1csc(CCNS(=O)(=O)c2ccc(C#N)nc2)n1. The standard InChI is InChI=1S/C12H12N4O2S2/c1-9-8-19-12(16-9)4-5-15-20(17,18)11-3-2-10(6-13)14-7-11/h2-3,7-8,15H,4-5H2,1H3. The van der Waals surface area contributed by atoms with Gasteiger partial charge < -0.3 is 0 Å². The topological polar surface area (TPSA) is 95.7 Å². The van der Waals surface area contributed by atoms with Gasteiger partial charge in [-0.05, 0) is 19.1 Å². The molecule has 0 amide bonds. The summed E-state index contributed by atoms with van der Waals surface area (Å²) in [6.07, 6.45) is 1.72. The second-order valence-electron chi connectivity index (χ2n) is 4.02. The predicted molar refractivity (Wildman–Crippen MR) is 74.7 cm³/mol. The average molecular weight is 308 g/mol. The molecule has 2 rings (SSSR count). The van der Waals surface area contributed by atoms with E-state index in [9.17, 15) is 8.42 Å². The number of hydrogen-bond acceptors (Lipinski definition) is 6. The van der Waals surface area contributed by atoms with Crippen LogP contribution in [0, 0.1) is 18.3 Å². The molecule has 0 aromatic carbocycles. The maximum atomic E-state index is 12.0. The Morgan fingerprint density at radius 1 is 1.45 bits per heavy atom. The van der Waals surface area contributed by atoms with E-state index in [4.69, 9.17) is 5.26 Å². The van der Waals surface area contributed by atoms with Crippen molar-refractivity contribution in [2.24, 2.45) is 0 Å². The van der Waals surface area contributed by atoms with Crippen LogP contribution in [0.1, 0.15) is 16.4 Å². The van der Waals surface area contributed by atoms with Crippen molar-refractivity contribution in [3.8, 4) is 6.07 Å². The van der Waals surface area contributed by atoms with Gasteiger partial charge in [-0.2, -0.15) is 5.26 Å². The molecule has 8 heteroatoms. The fraction of sp³-hybridized carbons (Fsp3) is 0.250. The number of aryl methyl sites for hydroxylation is 1. The summed E-state index contributed by atoms with van der Waals surface area (Å²) in [7, 11) is -3.59. The summed E-state index contributed by atoms with van der Waals surface area (Å²) >= 11 is 1.51. The van der Waals surface area contributed by atoms with E-state index in [1.165, 1.54) is 29.7 Å². The first-order valence-corrected chi connectivity index (χ1v) is 8.14. The molecule has 2 heterocycles. The van der Waals surface area contributed by atoms with E-state index < -0.39 is 10.0 Å². The highest BCUT2D eigenvalue weighted by atomic mass is 32.2. The van der Waals surface area contributed by atoms with Crippen molar-refractivity contribution in [3.63, 3.8) is 0 Å². The van der Waals surface area contributed by atoms with E-state index in [0.717, 1.165) is 10.7 Å². The monoisotopic (exact) mass is 308 g/mol. The lowest BCUT2D eigenvalue weighted by Gasteiger charge is -2.05. The molecule has 2 aromatic rings. The number of sulfonamides is 1. The van der Waals surface area contributed by atoms with E-state index in [0.29, 0.717) is 6.42 Å². The molecule has 0 fully saturated rings. The Morgan fingerprint density at radius 2 is 2.25 bits per heavy atom. The normalized spacial score (nSPS) is 11.2. The number of nitrogens with one attached hydrogen (secondary N) is 1. The predicted octanol–water partition coefficient (Wildman–Crippen LogP) is 1.24. The summed E-state index contributed by atoms with van der Waals surface area (Å²) in [6.45, 7) is 2.17. The quantitative estimate of drug-likeness (QED) is 0.896. The van der Waals surface area contributed by atoms with Crippen LogP contribution in [0.5, 0.6) is 0 Å². The molecular weight excluding hydrogens is 296 g/mol. The Hall–Kier alpha value is -1.82. The van der Waals surface area contributed by atoms with Gasteiger partial charge in [0, 0.05) is 30.2 Å². The number of aromatic nitrogens is 2. The number of thiazole rings is 1. The summed E-state index contributed by atoms with van der Waals surface area (Å²) < 4.78 is 26.4. The zero-order chi connectivity index (χ0) is 14.6. The summed E-state index contributed by atoms with van der Waals surface area (Å²) in [6, 6.07) is 4.58. The van der Waals surface area contributed by atoms with E-state index >= 15 is 0 Å². The highest BCUT2D eigenvalue weighted by Crippen LogP contribution is 2.10. The van der Waals surface area contributed by atoms with Crippen LogP contribution in [0.4, 0.5) is 0 Å². The number of pyridine rings is 1. The van der Waals surface area contributed by atoms with Crippen molar-refractivity contribution in [1.82, 2.24) is 14.7 Å². The third-order valence-electron chi connectivity index (χ3n) is 2.46. The third-order valence-corrected chi connectivity index (χ3v) is 4.93. The summed E-state index contributed by atoms with van der Waals surface area (Å²) in [5.41, 5.74) is 1.12. The van der Waals surface area contributed by atoms with Crippen molar-refractivity contribution in [2.75, 3.05) is 6.54 Å². The molecule has 0 saturated heterocycles. The number of rotatable bonds is 5. The van der Waals surface area contributed by atoms with E-state index in [1.807, 2.05) is 18.4 Å². The van der Waals surface area contributed by atoms with Crippen molar-refractivity contribution in [2.45, 2.75) is 18.2 Å². The summed E-state index contributed by atoms with van der Waals surface area (Å²) in [4.78, 5) is 8.05. The number of hydrogen-bond donors (Lipinski definition) is 1. The van der Waals surface area contributed by atoms with Gasteiger partial charge in [0.2, 0.25) is 10.0 Å². The van der Waals surface area contributed by atoms with Gasteiger partial charge in [0.1, 0.15) is 16.7 Å². The lowest BCUT2D eigenvalue weighted by atomic mass is 10.4. The van der Waals surface area contributed by atoms with E-state index in [-0.39, 0.29) is 17.1 Å². The van der Waals surface area contributed by atoms with Gasteiger partial charge in [-0.15, -0.1) is 11.3 Å². The van der Waals surface area contributed by atoms with Gasteiger partial charge in [0.15, 0.2) is 0 Å². The van der Waals surface area contributed by atoms with Crippen LogP contribution in [0.3, 0.4) is 0 Å². The van der Waals surface area contributed by atoms with Gasteiger partial charge in [-0.25, -0.2) is 23.1 Å².